The third kappa shape index (κ3) is 5.25. The maximum absolute atomic E-state index is 11.9. The van der Waals surface area contributed by atoms with Crippen molar-refractivity contribution in [1.82, 2.24) is 5.32 Å². The first-order chi connectivity index (χ1) is 9.04. The van der Waals surface area contributed by atoms with Crippen LogP contribution in [0.5, 0.6) is 0 Å². The van der Waals surface area contributed by atoms with Crippen LogP contribution in [0.25, 0.3) is 0 Å². The van der Waals surface area contributed by atoms with E-state index in [1.165, 1.54) is 0 Å². The van der Waals surface area contributed by atoms with Crippen LogP contribution in [-0.4, -0.2) is 11.7 Å². The minimum Gasteiger partial charge on any atom is -0.352 e. The number of carbonyl (C=O) groups excluding carboxylic acids is 2. The van der Waals surface area contributed by atoms with Gasteiger partial charge in [-0.05, 0) is 18.1 Å². The molecule has 0 unspecified atom stereocenters. The first kappa shape index (κ1) is 15.4. The molecule has 0 radical (unpaired) electrons. The summed E-state index contributed by atoms with van der Waals surface area (Å²) in [5.41, 5.74) is 1.69. The summed E-state index contributed by atoms with van der Waals surface area (Å²) in [6.07, 6.45) is 2.50. The average Bonchev–Trinajstić information content (AvgIpc) is 2.42. The lowest BCUT2D eigenvalue weighted by atomic mass is 9.99. The lowest BCUT2D eigenvalue weighted by Gasteiger charge is -2.08. The Hall–Kier alpha value is -1.64. The number of ketones is 1. The van der Waals surface area contributed by atoms with E-state index in [0.29, 0.717) is 13.0 Å². The fraction of sp³-hybridized carbons (Fsp3) is 0.500. The lowest BCUT2D eigenvalue weighted by Crippen LogP contribution is -2.22. The first-order valence-electron chi connectivity index (χ1n) is 6.94. The zero-order chi connectivity index (χ0) is 14.3. The number of carbonyl (C=O) groups is 2. The van der Waals surface area contributed by atoms with Crippen LogP contribution in [0.4, 0.5) is 0 Å². The highest BCUT2D eigenvalue weighted by Gasteiger charge is 2.10. The van der Waals surface area contributed by atoms with Gasteiger partial charge in [0.1, 0.15) is 0 Å². The molecule has 19 heavy (non-hydrogen) atoms. The number of benzene rings is 1. The summed E-state index contributed by atoms with van der Waals surface area (Å²) >= 11 is 0. The highest BCUT2D eigenvalue weighted by atomic mass is 16.1. The summed E-state index contributed by atoms with van der Waals surface area (Å²) < 4.78 is 0. The molecule has 0 fully saturated rings. The van der Waals surface area contributed by atoms with Gasteiger partial charge in [-0.2, -0.15) is 0 Å². The Balaban J connectivity index is 2.58. The molecule has 104 valence electrons. The van der Waals surface area contributed by atoms with Crippen LogP contribution >= 0.6 is 0 Å². The molecule has 1 N–H and O–H groups in total. The second-order valence-corrected chi connectivity index (χ2v) is 5.10. The zero-order valence-electron chi connectivity index (χ0n) is 12.0. The van der Waals surface area contributed by atoms with Crippen molar-refractivity contribution in [3.63, 3.8) is 0 Å². The van der Waals surface area contributed by atoms with Crippen molar-refractivity contribution in [2.75, 3.05) is 0 Å². The van der Waals surface area contributed by atoms with Gasteiger partial charge < -0.3 is 5.32 Å². The summed E-state index contributed by atoms with van der Waals surface area (Å²) in [5, 5.41) is 2.88. The van der Waals surface area contributed by atoms with Crippen molar-refractivity contribution in [1.29, 1.82) is 0 Å². The Morgan fingerprint density at radius 3 is 2.63 bits per heavy atom. The molecule has 0 atom stereocenters. The topological polar surface area (TPSA) is 46.2 Å². The predicted octanol–water partition coefficient (Wildman–Crippen LogP) is 3.33. The average molecular weight is 261 g/mol. The van der Waals surface area contributed by atoms with Gasteiger partial charge in [0.15, 0.2) is 5.78 Å². The third-order valence-electron chi connectivity index (χ3n) is 2.98. The van der Waals surface area contributed by atoms with E-state index in [9.17, 15) is 9.59 Å². The van der Waals surface area contributed by atoms with E-state index in [2.05, 4.69) is 12.2 Å². The van der Waals surface area contributed by atoms with E-state index >= 15 is 0 Å². The van der Waals surface area contributed by atoms with E-state index in [0.717, 1.165) is 24.0 Å². The minimum absolute atomic E-state index is 0.00519. The van der Waals surface area contributed by atoms with Crippen LogP contribution < -0.4 is 5.32 Å². The predicted molar refractivity (Wildman–Crippen MR) is 77.0 cm³/mol. The van der Waals surface area contributed by atoms with Crippen LogP contribution in [0.2, 0.25) is 0 Å². The van der Waals surface area contributed by atoms with E-state index in [1.54, 1.807) is 0 Å². The van der Waals surface area contributed by atoms with Crippen LogP contribution in [-0.2, 0) is 11.3 Å². The molecule has 0 aliphatic carbocycles. The smallest absolute Gasteiger partial charge is 0.220 e. The molecular formula is C16H23NO2. The van der Waals surface area contributed by atoms with Crippen molar-refractivity contribution < 1.29 is 9.59 Å². The monoisotopic (exact) mass is 261 g/mol. The van der Waals surface area contributed by atoms with Crippen LogP contribution in [0.15, 0.2) is 24.3 Å². The van der Waals surface area contributed by atoms with Gasteiger partial charge in [-0.15, -0.1) is 0 Å². The molecule has 0 heterocycles. The lowest BCUT2D eigenvalue weighted by molar-refractivity contribution is -0.121. The fourth-order valence-corrected chi connectivity index (χ4v) is 1.79. The molecule has 0 spiro atoms. The maximum atomic E-state index is 11.9. The Morgan fingerprint density at radius 1 is 1.26 bits per heavy atom. The van der Waals surface area contributed by atoms with Gasteiger partial charge in [-0.25, -0.2) is 0 Å². The molecule has 1 rings (SSSR count). The summed E-state index contributed by atoms with van der Waals surface area (Å²) in [6, 6.07) is 7.48. The van der Waals surface area contributed by atoms with Crippen LogP contribution in [0, 0.1) is 5.92 Å². The standard InChI is InChI=1S/C16H23NO2/c1-4-5-9-15(18)17-11-13-7-6-8-14(10-13)16(19)12(2)3/h6-8,10,12H,4-5,9,11H2,1-3H3,(H,17,18). The van der Waals surface area contributed by atoms with Crippen molar-refractivity contribution in [2.24, 2.45) is 5.92 Å². The molecule has 0 bridgehead atoms. The number of nitrogens with one attached hydrogen (secondary N) is 1. The zero-order valence-corrected chi connectivity index (χ0v) is 12.0. The van der Waals surface area contributed by atoms with Crippen molar-refractivity contribution in [3.8, 4) is 0 Å². The van der Waals surface area contributed by atoms with Gasteiger partial charge in [-0.3, -0.25) is 9.59 Å². The Labute approximate surface area is 115 Å². The maximum Gasteiger partial charge on any atom is 0.220 e. The summed E-state index contributed by atoms with van der Waals surface area (Å²) in [6.45, 7) is 6.33. The molecule has 1 aromatic rings. The minimum atomic E-state index is -0.00519. The molecule has 3 heteroatoms. The van der Waals surface area contributed by atoms with Gasteiger partial charge >= 0.3 is 0 Å². The molecule has 0 aliphatic rings. The van der Waals surface area contributed by atoms with E-state index in [4.69, 9.17) is 0 Å². The van der Waals surface area contributed by atoms with E-state index < -0.39 is 0 Å². The highest BCUT2D eigenvalue weighted by Crippen LogP contribution is 2.11. The Morgan fingerprint density at radius 2 is 2.00 bits per heavy atom. The fourth-order valence-electron chi connectivity index (χ4n) is 1.79. The molecule has 0 aliphatic heterocycles. The van der Waals surface area contributed by atoms with Crippen molar-refractivity contribution in [3.05, 3.63) is 35.4 Å². The largest absolute Gasteiger partial charge is 0.352 e. The van der Waals surface area contributed by atoms with Gasteiger partial charge in [0, 0.05) is 24.4 Å². The molecular weight excluding hydrogens is 238 g/mol. The summed E-state index contributed by atoms with van der Waals surface area (Å²) in [4.78, 5) is 23.4. The number of Topliss-reactive ketones (excluding diaryl/α,β-unsaturated/α-hetero) is 1. The number of rotatable bonds is 7. The number of amides is 1. The van der Waals surface area contributed by atoms with Crippen LogP contribution in [0.3, 0.4) is 0 Å². The molecule has 1 aromatic carbocycles. The van der Waals surface area contributed by atoms with Gasteiger partial charge in [-0.1, -0.05) is 45.4 Å². The van der Waals surface area contributed by atoms with E-state index in [-0.39, 0.29) is 17.6 Å². The normalized spacial score (nSPS) is 10.5. The second-order valence-electron chi connectivity index (χ2n) is 5.10. The SMILES string of the molecule is CCCCC(=O)NCc1cccc(C(=O)C(C)C)c1. The van der Waals surface area contributed by atoms with Crippen LogP contribution in [0.1, 0.15) is 56.0 Å². The second kappa shape index (κ2) is 7.72. The summed E-state index contributed by atoms with van der Waals surface area (Å²) in [5.74, 6) is 0.205. The Bertz CT molecular complexity index is 438. The summed E-state index contributed by atoms with van der Waals surface area (Å²) in [7, 11) is 0. The number of unbranched alkanes of at least 4 members (excludes halogenated alkanes) is 1. The molecule has 0 aromatic heterocycles. The number of hydrogen-bond acceptors (Lipinski definition) is 2. The molecule has 1 amide bonds. The van der Waals surface area contributed by atoms with Gasteiger partial charge in [0.2, 0.25) is 5.91 Å². The highest BCUT2D eigenvalue weighted by molar-refractivity contribution is 5.97. The third-order valence-corrected chi connectivity index (χ3v) is 2.98. The molecule has 3 nitrogen and oxygen atoms in total. The molecule has 0 saturated heterocycles. The van der Waals surface area contributed by atoms with Crippen molar-refractivity contribution in [2.45, 2.75) is 46.6 Å². The Kier molecular flexibility index (Phi) is 6.26. The molecule has 0 saturated carbocycles. The van der Waals surface area contributed by atoms with E-state index in [1.807, 2.05) is 38.1 Å². The van der Waals surface area contributed by atoms with Crippen molar-refractivity contribution >= 4 is 11.7 Å². The number of hydrogen-bond donors (Lipinski definition) is 1. The quantitative estimate of drug-likeness (QED) is 0.765. The van der Waals surface area contributed by atoms with Gasteiger partial charge in [0.05, 0.1) is 0 Å². The first-order valence-corrected chi connectivity index (χ1v) is 6.94. The van der Waals surface area contributed by atoms with Gasteiger partial charge in [0.25, 0.3) is 0 Å².